The fourth-order valence-electron chi connectivity index (χ4n) is 3.60. The van der Waals surface area contributed by atoms with Crippen LogP contribution in [-0.2, 0) is 4.79 Å². The Morgan fingerprint density at radius 2 is 1.73 bits per heavy atom. The number of benzene rings is 1. The second kappa shape index (κ2) is 8.40. The van der Waals surface area contributed by atoms with Gasteiger partial charge in [-0.05, 0) is 37.1 Å². The maximum absolute atomic E-state index is 12.9. The zero-order chi connectivity index (χ0) is 21.1. The number of amides is 2. The van der Waals surface area contributed by atoms with Gasteiger partial charge < -0.3 is 14.4 Å². The number of pyridine rings is 1. The van der Waals surface area contributed by atoms with Crippen LogP contribution in [0.1, 0.15) is 23.2 Å². The molecule has 1 N–H and O–H groups in total. The molecule has 0 aliphatic carbocycles. The highest BCUT2D eigenvalue weighted by Gasteiger charge is 2.29. The summed E-state index contributed by atoms with van der Waals surface area (Å²) in [5.74, 6) is 1.13. The Morgan fingerprint density at radius 1 is 1.03 bits per heavy atom. The number of nitrogens with one attached hydrogen (secondary N) is 1. The van der Waals surface area contributed by atoms with Crippen LogP contribution >= 0.6 is 0 Å². The van der Waals surface area contributed by atoms with E-state index in [1.54, 1.807) is 47.9 Å². The van der Waals surface area contributed by atoms with Crippen LogP contribution in [0.3, 0.4) is 0 Å². The zero-order valence-electron chi connectivity index (χ0n) is 16.9. The molecule has 30 heavy (non-hydrogen) atoms. The molecule has 0 spiro atoms. The summed E-state index contributed by atoms with van der Waals surface area (Å²) in [7, 11) is 3.09. The van der Waals surface area contributed by atoms with Crippen molar-refractivity contribution in [2.75, 3.05) is 32.6 Å². The number of fused-ring (bicyclic) bond motifs is 1. The third kappa shape index (κ3) is 3.91. The van der Waals surface area contributed by atoms with Crippen molar-refractivity contribution >= 4 is 23.4 Å². The van der Waals surface area contributed by atoms with E-state index in [4.69, 9.17) is 9.47 Å². The van der Waals surface area contributed by atoms with Crippen molar-refractivity contribution < 1.29 is 19.1 Å². The molecule has 1 aliphatic rings. The fourth-order valence-corrected chi connectivity index (χ4v) is 3.60. The molecule has 1 saturated heterocycles. The molecule has 4 rings (SSSR count). The minimum Gasteiger partial charge on any atom is -0.497 e. The molecule has 9 nitrogen and oxygen atoms in total. The lowest BCUT2D eigenvalue weighted by molar-refractivity contribution is -0.121. The normalized spacial score (nSPS) is 14.5. The summed E-state index contributed by atoms with van der Waals surface area (Å²) in [6, 6.07) is 10.6. The molecule has 156 valence electrons. The number of carbonyl (C=O) groups is 2. The van der Waals surface area contributed by atoms with E-state index in [2.05, 4.69) is 15.5 Å². The largest absolute Gasteiger partial charge is 0.497 e. The number of piperidine rings is 1. The molecule has 1 fully saturated rings. The first-order valence-corrected chi connectivity index (χ1v) is 9.72. The number of aromatic nitrogens is 3. The molecular formula is C21H23N5O4. The minimum absolute atomic E-state index is 0.102. The van der Waals surface area contributed by atoms with Crippen molar-refractivity contribution in [3.8, 4) is 11.5 Å². The van der Waals surface area contributed by atoms with E-state index in [0.29, 0.717) is 54.6 Å². The molecule has 1 aliphatic heterocycles. The molecule has 3 aromatic rings. The van der Waals surface area contributed by atoms with Gasteiger partial charge in [-0.1, -0.05) is 6.07 Å². The summed E-state index contributed by atoms with van der Waals surface area (Å²) in [5.41, 5.74) is 1.17. The van der Waals surface area contributed by atoms with Crippen LogP contribution in [0.2, 0.25) is 0 Å². The van der Waals surface area contributed by atoms with Gasteiger partial charge in [0.1, 0.15) is 11.5 Å². The first kappa shape index (κ1) is 19.7. The van der Waals surface area contributed by atoms with Gasteiger partial charge >= 0.3 is 0 Å². The van der Waals surface area contributed by atoms with Crippen LogP contribution in [0, 0.1) is 5.92 Å². The molecule has 3 heterocycles. The molecule has 0 saturated carbocycles. The number of methoxy groups -OCH3 is 2. The summed E-state index contributed by atoms with van der Waals surface area (Å²) in [5, 5.41) is 10.9. The monoisotopic (exact) mass is 409 g/mol. The van der Waals surface area contributed by atoms with E-state index in [1.165, 1.54) is 0 Å². The molecule has 9 heteroatoms. The number of likely N-dealkylation sites (tertiary alicyclic amines) is 1. The van der Waals surface area contributed by atoms with Gasteiger partial charge in [0.15, 0.2) is 5.65 Å². The Bertz CT molecular complexity index is 1050. The van der Waals surface area contributed by atoms with Crippen molar-refractivity contribution in [3.05, 3.63) is 48.2 Å². The third-order valence-corrected chi connectivity index (χ3v) is 5.30. The standard InChI is InChI=1S/C21H23N5O4/c1-29-16-11-15(12-17(13-16)30-2)20(28)25-9-6-14(7-10-25)19(27)22-21-24-23-18-5-3-4-8-26(18)21/h3-5,8,11-14H,6-7,9-10H2,1-2H3,(H,22,24,27). The number of hydrogen-bond acceptors (Lipinski definition) is 6. The maximum atomic E-state index is 12.9. The molecule has 0 bridgehead atoms. The number of ether oxygens (including phenoxy) is 2. The summed E-state index contributed by atoms with van der Waals surface area (Å²) < 4.78 is 12.2. The molecule has 1 aromatic carbocycles. The molecule has 2 aromatic heterocycles. The van der Waals surface area contributed by atoms with Gasteiger partial charge in [0, 0.05) is 36.8 Å². The first-order chi connectivity index (χ1) is 14.6. The van der Waals surface area contributed by atoms with Crippen molar-refractivity contribution in [1.29, 1.82) is 0 Å². The van der Waals surface area contributed by atoms with E-state index >= 15 is 0 Å². The predicted molar refractivity (Wildman–Crippen MR) is 110 cm³/mol. The Balaban J connectivity index is 1.38. The molecule has 0 atom stereocenters. The van der Waals surface area contributed by atoms with E-state index in [0.717, 1.165) is 0 Å². The third-order valence-electron chi connectivity index (χ3n) is 5.30. The number of carbonyl (C=O) groups excluding carboxylic acids is 2. The number of rotatable bonds is 5. The van der Waals surface area contributed by atoms with Gasteiger partial charge in [0.05, 0.1) is 14.2 Å². The number of anilines is 1. The SMILES string of the molecule is COc1cc(OC)cc(C(=O)N2CCC(C(=O)Nc3nnc4ccccn34)CC2)c1. The van der Waals surface area contributed by atoms with Gasteiger partial charge in [-0.15, -0.1) is 10.2 Å². The lowest BCUT2D eigenvalue weighted by Gasteiger charge is -2.31. The Hall–Kier alpha value is -3.62. The van der Waals surface area contributed by atoms with Crippen LogP contribution in [0.25, 0.3) is 5.65 Å². The predicted octanol–water partition coefficient (Wildman–Crippen LogP) is 2.24. The first-order valence-electron chi connectivity index (χ1n) is 9.72. The lowest BCUT2D eigenvalue weighted by Crippen LogP contribution is -2.41. The number of hydrogen-bond donors (Lipinski definition) is 1. The second-order valence-corrected chi connectivity index (χ2v) is 7.11. The average molecular weight is 409 g/mol. The summed E-state index contributed by atoms with van der Waals surface area (Å²) in [6.07, 6.45) is 2.96. The quantitative estimate of drug-likeness (QED) is 0.694. The Kier molecular flexibility index (Phi) is 5.51. The van der Waals surface area contributed by atoms with Crippen molar-refractivity contribution in [2.45, 2.75) is 12.8 Å². The molecule has 0 unspecified atom stereocenters. The van der Waals surface area contributed by atoms with Crippen LogP contribution in [0.15, 0.2) is 42.6 Å². The van der Waals surface area contributed by atoms with Crippen LogP contribution in [-0.4, -0.2) is 58.6 Å². The Morgan fingerprint density at radius 3 is 2.40 bits per heavy atom. The van der Waals surface area contributed by atoms with E-state index in [1.807, 2.05) is 18.2 Å². The smallest absolute Gasteiger partial charge is 0.254 e. The van der Waals surface area contributed by atoms with Gasteiger partial charge in [0.2, 0.25) is 11.9 Å². The van der Waals surface area contributed by atoms with Crippen LogP contribution in [0.4, 0.5) is 5.95 Å². The van der Waals surface area contributed by atoms with Crippen LogP contribution in [0.5, 0.6) is 11.5 Å². The summed E-state index contributed by atoms with van der Waals surface area (Å²) in [4.78, 5) is 27.4. The molecule has 2 amide bonds. The lowest BCUT2D eigenvalue weighted by atomic mass is 9.95. The maximum Gasteiger partial charge on any atom is 0.254 e. The van der Waals surface area contributed by atoms with Gasteiger partial charge in [-0.3, -0.25) is 19.3 Å². The zero-order valence-corrected chi connectivity index (χ0v) is 16.9. The molecule has 0 radical (unpaired) electrons. The van der Waals surface area contributed by atoms with Crippen molar-refractivity contribution in [3.63, 3.8) is 0 Å². The summed E-state index contributed by atoms with van der Waals surface area (Å²) in [6.45, 7) is 0.994. The van der Waals surface area contributed by atoms with Crippen molar-refractivity contribution in [2.24, 2.45) is 5.92 Å². The molecular weight excluding hydrogens is 386 g/mol. The van der Waals surface area contributed by atoms with Gasteiger partial charge in [-0.25, -0.2) is 0 Å². The van der Waals surface area contributed by atoms with Crippen molar-refractivity contribution in [1.82, 2.24) is 19.5 Å². The fraction of sp³-hybridized carbons (Fsp3) is 0.333. The van der Waals surface area contributed by atoms with Gasteiger partial charge in [-0.2, -0.15) is 0 Å². The minimum atomic E-state index is -0.190. The van der Waals surface area contributed by atoms with Gasteiger partial charge in [0.25, 0.3) is 5.91 Å². The Labute approximate surface area is 173 Å². The van der Waals surface area contributed by atoms with Crippen LogP contribution < -0.4 is 14.8 Å². The van der Waals surface area contributed by atoms with E-state index < -0.39 is 0 Å². The van der Waals surface area contributed by atoms with E-state index in [9.17, 15) is 9.59 Å². The highest BCUT2D eigenvalue weighted by Crippen LogP contribution is 2.26. The summed E-state index contributed by atoms with van der Waals surface area (Å²) >= 11 is 0. The highest BCUT2D eigenvalue weighted by atomic mass is 16.5. The average Bonchev–Trinajstić information content (AvgIpc) is 3.21. The van der Waals surface area contributed by atoms with E-state index in [-0.39, 0.29) is 17.7 Å². The topological polar surface area (TPSA) is 98.1 Å². The highest BCUT2D eigenvalue weighted by molar-refractivity contribution is 5.96. The number of nitrogens with zero attached hydrogens (tertiary/aromatic N) is 4. The second-order valence-electron chi connectivity index (χ2n) is 7.11.